The maximum atomic E-state index is 10.7. The highest BCUT2D eigenvalue weighted by Crippen LogP contribution is 2.27. The Kier molecular flexibility index (Phi) is 3.51. The molecular weight excluding hydrogens is 214 g/mol. The Morgan fingerprint density at radius 1 is 1.25 bits per heavy atom. The van der Waals surface area contributed by atoms with Crippen LogP contribution < -0.4 is 5.73 Å². The van der Waals surface area contributed by atoms with E-state index in [9.17, 15) is 20.2 Å². The summed E-state index contributed by atoms with van der Waals surface area (Å²) in [7, 11) is 0. The van der Waals surface area contributed by atoms with E-state index in [0.29, 0.717) is 24.1 Å². The summed E-state index contributed by atoms with van der Waals surface area (Å²) >= 11 is 0. The van der Waals surface area contributed by atoms with Gasteiger partial charge in [0.25, 0.3) is 11.4 Å². The molecule has 0 spiro atoms. The number of nitro benzene ring substituents is 2. The lowest BCUT2D eigenvalue weighted by Gasteiger charge is -2.04. The minimum Gasteiger partial charge on any atom is -0.330 e. The minimum absolute atomic E-state index is 0.238. The number of nitrogens with two attached hydrogens (primary N) is 1. The molecule has 0 unspecified atom stereocenters. The van der Waals surface area contributed by atoms with Crippen molar-refractivity contribution in [2.24, 2.45) is 5.73 Å². The molecule has 1 aromatic rings. The predicted molar refractivity (Wildman–Crippen MR) is 57.2 cm³/mol. The molecule has 7 nitrogen and oxygen atoms in total. The summed E-state index contributed by atoms with van der Waals surface area (Å²) in [4.78, 5) is 20.0. The number of hydrogen-bond acceptors (Lipinski definition) is 5. The van der Waals surface area contributed by atoms with Gasteiger partial charge in [0.1, 0.15) is 0 Å². The highest BCUT2D eigenvalue weighted by Gasteiger charge is 2.20. The smallest absolute Gasteiger partial charge is 0.279 e. The Morgan fingerprint density at radius 2 is 1.88 bits per heavy atom. The number of hydrogen-bond donors (Lipinski definition) is 1. The van der Waals surface area contributed by atoms with Gasteiger partial charge in [0.05, 0.1) is 15.9 Å². The van der Waals surface area contributed by atoms with Crippen LogP contribution in [0.3, 0.4) is 0 Å². The van der Waals surface area contributed by atoms with Gasteiger partial charge in [0, 0.05) is 11.6 Å². The number of non-ortho nitro benzene ring substituents is 1. The molecule has 0 amide bonds. The van der Waals surface area contributed by atoms with Gasteiger partial charge in [-0.3, -0.25) is 20.2 Å². The van der Waals surface area contributed by atoms with Crippen molar-refractivity contribution in [1.82, 2.24) is 0 Å². The maximum Gasteiger partial charge on any atom is 0.279 e. The third-order valence-corrected chi connectivity index (χ3v) is 2.29. The Balaban J connectivity index is 3.38. The zero-order valence-electron chi connectivity index (χ0n) is 8.67. The topological polar surface area (TPSA) is 112 Å². The van der Waals surface area contributed by atoms with Crippen molar-refractivity contribution < 1.29 is 9.85 Å². The maximum absolute atomic E-state index is 10.7. The number of nitro groups is 2. The van der Waals surface area contributed by atoms with Crippen LogP contribution in [-0.4, -0.2) is 16.4 Å². The van der Waals surface area contributed by atoms with Crippen molar-refractivity contribution in [3.05, 3.63) is 43.5 Å². The molecule has 0 saturated heterocycles. The quantitative estimate of drug-likeness (QED) is 0.613. The summed E-state index contributed by atoms with van der Waals surface area (Å²) in [5, 5.41) is 21.3. The van der Waals surface area contributed by atoms with E-state index in [1.807, 2.05) is 0 Å². The van der Waals surface area contributed by atoms with Crippen molar-refractivity contribution in [2.45, 2.75) is 13.3 Å². The Hall–Kier alpha value is -2.02. The molecule has 0 aliphatic carbocycles. The molecule has 0 radical (unpaired) electrons. The van der Waals surface area contributed by atoms with E-state index >= 15 is 0 Å². The highest BCUT2D eigenvalue weighted by molar-refractivity contribution is 5.53. The fourth-order valence-electron chi connectivity index (χ4n) is 1.45. The zero-order valence-corrected chi connectivity index (χ0v) is 8.67. The van der Waals surface area contributed by atoms with Gasteiger partial charge >= 0.3 is 0 Å². The van der Waals surface area contributed by atoms with Gasteiger partial charge in [-0.1, -0.05) is 0 Å². The lowest BCUT2D eigenvalue weighted by molar-refractivity contribution is -0.394. The second kappa shape index (κ2) is 4.67. The Bertz CT molecular complexity index is 445. The van der Waals surface area contributed by atoms with Crippen molar-refractivity contribution in [1.29, 1.82) is 0 Å². The van der Waals surface area contributed by atoms with Crippen LogP contribution in [0.4, 0.5) is 11.4 Å². The van der Waals surface area contributed by atoms with Crippen LogP contribution in [0.5, 0.6) is 0 Å². The first-order valence-corrected chi connectivity index (χ1v) is 4.59. The van der Waals surface area contributed by atoms with Gasteiger partial charge in [-0.05, 0) is 25.5 Å². The first-order valence-electron chi connectivity index (χ1n) is 4.59. The first kappa shape index (κ1) is 12.1. The molecule has 0 aliphatic rings. The van der Waals surface area contributed by atoms with E-state index in [1.54, 1.807) is 6.92 Å². The molecule has 0 saturated carbocycles. The highest BCUT2D eigenvalue weighted by atomic mass is 16.6. The molecule has 7 heteroatoms. The van der Waals surface area contributed by atoms with Crippen LogP contribution in [0.25, 0.3) is 0 Å². The van der Waals surface area contributed by atoms with Gasteiger partial charge in [0.2, 0.25) is 0 Å². The second-order valence-corrected chi connectivity index (χ2v) is 3.30. The van der Waals surface area contributed by atoms with E-state index in [0.717, 1.165) is 6.07 Å². The van der Waals surface area contributed by atoms with E-state index < -0.39 is 9.85 Å². The van der Waals surface area contributed by atoms with Crippen LogP contribution in [0.15, 0.2) is 12.1 Å². The van der Waals surface area contributed by atoms with Crippen molar-refractivity contribution in [3.63, 3.8) is 0 Å². The predicted octanol–water partition coefficient (Wildman–Crippen LogP) is 1.31. The van der Waals surface area contributed by atoms with Gasteiger partial charge in [-0.15, -0.1) is 0 Å². The third kappa shape index (κ3) is 2.31. The van der Waals surface area contributed by atoms with Crippen molar-refractivity contribution >= 4 is 11.4 Å². The van der Waals surface area contributed by atoms with Gasteiger partial charge in [0.15, 0.2) is 0 Å². The molecule has 1 aromatic carbocycles. The number of rotatable bonds is 4. The second-order valence-electron chi connectivity index (χ2n) is 3.30. The lowest BCUT2D eigenvalue weighted by Crippen LogP contribution is -2.06. The largest absolute Gasteiger partial charge is 0.330 e. The fraction of sp³-hybridized carbons (Fsp3) is 0.333. The van der Waals surface area contributed by atoms with E-state index in [2.05, 4.69) is 0 Å². The van der Waals surface area contributed by atoms with E-state index in [1.165, 1.54) is 6.07 Å². The summed E-state index contributed by atoms with van der Waals surface area (Å²) in [6.45, 7) is 1.85. The fourth-order valence-corrected chi connectivity index (χ4v) is 1.45. The molecule has 1 rings (SSSR count). The summed E-state index contributed by atoms with van der Waals surface area (Å²) in [6, 6.07) is 2.30. The van der Waals surface area contributed by atoms with Crippen LogP contribution in [-0.2, 0) is 6.42 Å². The van der Waals surface area contributed by atoms with Crippen molar-refractivity contribution in [3.8, 4) is 0 Å². The van der Waals surface area contributed by atoms with E-state index in [4.69, 9.17) is 5.73 Å². The Morgan fingerprint density at radius 3 is 2.31 bits per heavy atom. The molecule has 0 aromatic heterocycles. The number of benzene rings is 1. The zero-order chi connectivity index (χ0) is 12.3. The molecule has 0 bridgehead atoms. The van der Waals surface area contributed by atoms with Crippen molar-refractivity contribution in [2.75, 3.05) is 6.54 Å². The summed E-state index contributed by atoms with van der Waals surface area (Å²) < 4.78 is 0. The molecular formula is C9H11N3O4. The third-order valence-electron chi connectivity index (χ3n) is 2.29. The van der Waals surface area contributed by atoms with Crippen LogP contribution >= 0.6 is 0 Å². The number of nitrogens with zero attached hydrogens (tertiary/aromatic N) is 2. The molecule has 0 fully saturated rings. The molecule has 2 N–H and O–H groups in total. The molecule has 16 heavy (non-hydrogen) atoms. The monoisotopic (exact) mass is 225 g/mol. The average molecular weight is 225 g/mol. The van der Waals surface area contributed by atoms with Gasteiger partial charge in [-0.25, -0.2) is 0 Å². The SMILES string of the molecule is Cc1c(CCN)cc([N+](=O)[O-])cc1[N+](=O)[O-]. The van der Waals surface area contributed by atoms with Crippen LogP contribution in [0.2, 0.25) is 0 Å². The molecule has 86 valence electrons. The van der Waals surface area contributed by atoms with E-state index in [-0.39, 0.29) is 11.4 Å². The summed E-state index contributed by atoms with van der Waals surface area (Å²) in [6.07, 6.45) is 0.383. The molecule has 0 aliphatic heterocycles. The molecule has 0 atom stereocenters. The summed E-state index contributed by atoms with van der Waals surface area (Å²) in [5.41, 5.74) is 5.80. The van der Waals surface area contributed by atoms with Gasteiger partial charge < -0.3 is 5.73 Å². The summed E-state index contributed by atoms with van der Waals surface area (Å²) in [5.74, 6) is 0. The normalized spacial score (nSPS) is 10.1. The lowest BCUT2D eigenvalue weighted by atomic mass is 10.0. The standard InChI is InChI=1S/C9H11N3O4/c1-6-7(2-3-10)4-8(11(13)14)5-9(6)12(15)16/h4-5H,2-3,10H2,1H3. The first-order chi connectivity index (χ1) is 7.47. The minimum atomic E-state index is -0.646. The van der Waals surface area contributed by atoms with Crippen LogP contribution in [0, 0.1) is 27.2 Å². The van der Waals surface area contributed by atoms with Gasteiger partial charge in [-0.2, -0.15) is 0 Å². The average Bonchev–Trinajstić information content (AvgIpc) is 2.20. The molecule has 0 heterocycles. The van der Waals surface area contributed by atoms with Crippen LogP contribution in [0.1, 0.15) is 11.1 Å². The Labute approximate surface area is 91.2 Å².